The highest BCUT2D eigenvalue weighted by atomic mass is 19.1. The third-order valence-electron chi connectivity index (χ3n) is 6.12. The first-order valence-electron chi connectivity index (χ1n) is 11.0. The molecule has 0 bridgehead atoms. The Labute approximate surface area is 176 Å². The lowest BCUT2D eigenvalue weighted by atomic mass is 9.94. The highest BCUT2D eigenvalue weighted by Gasteiger charge is 2.31. The van der Waals surface area contributed by atoms with Gasteiger partial charge in [-0.2, -0.15) is 0 Å². The van der Waals surface area contributed by atoms with Crippen LogP contribution in [-0.2, 0) is 4.79 Å². The summed E-state index contributed by atoms with van der Waals surface area (Å²) in [7, 11) is 0. The van der Waals surface area contributed by atoms with Crippen LogP contribution >= 0.6 is 0 Å². The van der Waals surface area contributed by atoms with Gasteiger partial charge in [0.1, 0.15) is 11.9 Å². The summed E-state index contributed by atoms with van der Waals surface area (Å²) >= 11 is 0. The summed E-state index contributed by atoms with van der Waals surface area (Å²) in [6.45, 7) is 4.72. The van der Waals surface area contributed by atoms with Gasteiger partial charge in [0.25, 0.3) is 0 Å². The van der Waals surface area contributed by atoms with Crippen molar-refractivity contribution >= 4 is 5.91 Å². The van der Waals surface area contributed by atoms with Crippen molar-refractivity contribution in [3.8, 4) is 5.75 Å². The third-order valence-corrected chi connectivity index (χ3v) is 6.12. The predicted octanol–water partition coefficient (Wildman–Crippen LogP) is 3.31. The number of rotatable bonds is 8. The number of hydrogen-bond acceptors (Lipinski definition) is 4. The van der Waals surface area contributed by atoms with Crippen LogP contribution in [0.3, 0.4) is 0 Å². The van der Waals surface area contributed by atoms with Gasteiger partial charge in [-0.1, -0.05) is 6.42 Å². The largest absolute Gasteiger partial charge is 0.484 e. The van der Waals surface area contributed by atoms with E-state index in [1.54, 1.807) is 0 Å². The first-order valence-corrected chi connectivity index (χ1v) is 11.0. The quantitative estimate of drug-likeness (QED) is 0.647. The van der Waals surface area contributed by atoms with Crippen LogP contribution in [0.1, 0.15) is 44.9 Å². The Morgan fingerprint density at radius 3 is 2.20 bits per heavy atom. The average molecular weight is 428 g/mol. The molecular formula is C22H32F3N3O2. The van der Waals surface area contributed by atoms with Gasteiger partial charge >= 0.3 is 0 Å². The summed E-state index contributed by atoms with van der Waals surface area (Å²) in [5.74, 6) is -3.37. The van der Waals surface area contributed by atoms with Crippen molar-refractivity contribution in [1.82, 2.24) is 9.80 Å². The molecule has 5 nitrogen and oxygen atoms in total. The van der Waals surface area contributed by atoms with Gasteiger partial charge in [-0.3, -0.25) is 4.79 Å². The van der Waals surface area contributed by atoms with Gasteiger partial charge in [-0.25, -0.2) is 13.2 Å². The average Bonchev–Trinajstić information content (AvgIpc) is 2.74. The number of hydrogen-bond donors (Lipinski definition) is 1. The van der Waals surface area contributed by atoms with Crippen LogP contribution in [0.25, 0.3) is 0 Å². The summed E-state index contributed by atoms with van der Waals surface area (Å²) in [4.78, 5) is 17.1. The fourth-order valence-electron chi connectivity index (χ4n) is 4.32. The van der Waals surface area contributed by atoms with Crippen molar-refractivity contribution in [2.45, 2.75) is 51.0 Å². The molecule has 2 fully saturated rings. The second-order valence-corrected chi connectivity index (χ2v) is 8.31. The number of ether oxygens (including phenoxy) is 1. The zero-order valence-electron chi connectivity index (χ0n) is 17.4. The Morgan fingerprint density at radius 1 is 0.967 bits per heavy atom. The number of halogens is 3. The second-order valence-electron chi connectivity index (χ2n) is 8.31. The standard InChI is InChI=1S/C22H32F3N3O2/c23-17-14-19(24)21(20(25)15-17)30-18-6-12-28(13-7-18)22(29)16-4-10-27(11-5-16)9-3-1-2-8-26/h14-16,18H,1-13,26H2. The lowest BCUT2D eigenvalue weighted by Crippen LogP contribution is -2.47. The van der Waals surface area contributed by atoms with E-state index >= 15 is 0 Å². The highest BCUT2D eigenvalue weighted by Crippen LogP contribution is 2.28. The van der Waals surface area contributed by atoms with E-state index in [0.29, 0.717) is 38.1 Å². The van der Waals surface area contributed by atoms with Gasteiger partial charge in [0.15, 0.2) is 17.4 Å². The van der Waals surface area contributed by atoms with Crippen molar-refractivity contribution in [3.63, 3.8) is 0 Å². The highest BCUT2D eigenvalue weighted by molar-refractivity contribution is 5.79. The minimum Gasteiger partial charge on any atom is -0.484 e. The Balaban J connectivity index is 1.41. The van der Waals surface area contributed by atoms with Crippen LogP contribution in [0, 0.1) is 23.4 Å². The van der Waals surface area contributed by atoms with Gasteiger partial charge in [-0.05, 0) is 51.9 Å². The molecule has 0 aliphatic carbocycles. The molecule has 0 atom stereocenters. The summed E-state index contributed by atoms with van der Waals surface area (Å²) in [6.07, 6.45) is 5.73. The van der Waals surface area contributed by atoms with E-state index in [1.165, 1.54) is 0 Å². The van der Waals surface area contributed by atoms with Crippen molar-refractivity contribution in [2.75, 3.05) is 39.3 Å². The molecule has 3 rings (SSSR count). The predicted molar refractivity (Wildman–Crippen MR) is 109 cm³/mol. The number of carbonyl (C=O) groups is 1. The fourth-order valence-corrected chi connectivity index (χ4v) is 4.32. The maximum atomic E-state index is 13.8. The summed E-state index contributed by atoms with van der Waals surface area (Å²) in [5, 5.41) is 0. The Morgan fingerprint density at radius 2 is 1.60 bits per heavy atom. The van der Waals surface area contributed by atoms with E-state index < -0.39 is 23.2 Å². The maximum absolute atomic E-state index is 13.8. The minimum absolute atomic E-state index is 0.0507. The number of piperidine rings is 2. The van der Waals surface area contributed by atoms with Crippen LogP contribution in [0.15, 0.2) is 12.1 Å². The van der Waals surface area contributed by atoms with Gasteiger partial charge in [0.2, 0.25) is 5.91 Å². The Hall–Kier alpha value is -1.80. The van der Waals surface area contributed by atoms with Crippen LogP contribution in [0.4, 0.5) is 13.2 Å². The number of likely N-dealkylation sites (tertiary alicyclic amines) is 2. The molecule has 2 heterocycles. The van der Waals surface area contributed by atoms with E-state index in [9.17, 15) is 18.0 Å². The molecule has 30 heavy (non-hydrogen) atoms. The summed E-state index contributed by atoms with van der Waals surface area (Å²) in [6, 6.07) is 1.23. The Kier molecular flexibility index (Phi) is 8.39. The first kappa shape index (κ1) is 22.9. The molecule has 168 valence electrons. The summed E-state index contributed by atoms with van der Waals surface area (Å²) < 4.78 is 46.0. The van der Waals surface area contributed by atoms with Gasteiger partial charge in [0, 0.05) is 44.0 Å². The van der Waals surface area contributed by atoms with E-state index in [1.807, 2.05) is 4.90 Å². The molecule has 0 radical (unpaired) electrons. The molecule has 0 aromatic heterocycles. The molecule has 2 N–H and O–H groups in total. The molecule has 1 amide bonds. The molecule has 2 aliphatic heterocycles. The van der Waals surface area contributed by atoms with E-state index in [0.717, 1.165) is 58.3 Å². The van der Waals surface area contributed by atoms with Gasteiger partial charge in [-0.15, -0.1) is 0 Å². The van der Waals surface area contributed by atoms with Crippen molar-refractivity contribution in [2.24, 2.45) is 11.7 Å². The zero-order valence-corrected chi connectivity index (χ0v) is 17.4. The van der Waals surface area contributed by atoms with Crippen LogP contribution < -0.4 is 10.5 Å². The molecule has 2 saturated heterocycles. The van der Waals surface area contributed by atoms with E-state index in [-0.39, 0.29) is 17.9 Å². The van der Waals surface area contributed by atoms with Crippen LogP contribution in [-0.4, -0.2) is 61.1 Å². The van der Waals surface area contributed by atoms with E-state index in [2.05, 4.69) is 4.90 Å². The summed E-state index contributed by atoms with van der Waals surface area (Å²) in [5.41, 5.74) is 5.53. The molecule has 1 aromatic carbocycles. The topological polar surface area (TPSA) is 58.8 Å². The number of nitrogens with zero attached hydrogens (tertiary/aromatic N) is 2. The molecule has 0 saturated carbocycles. The van der Waals surface area contributed by atoms with Gasteiger partial charge < -0.3 is 20.3 Å². The molecular weight excluding hydrogens is 395 g/mol. The number of carbonyl (C=O) groups excluding carboxylic acids is 1. The van der Waals surface area contributed by atoms with E-state index in [4.69, 9.17) is 10.5 Å². The smallest absolute Gasteiger partial charge is 0.225 e. The SMILES string of the molecule is NCCCCCN1CCC(C(=O)N2CCC(Oc3c(F)cc(F)cc3F)CC2)CC1. The molecule has 0 spiro atoms. The van der Waals surface area contributed by atoms with Crippen LogP contribution in [0.2, 0.25) is 0 Å². The zero-order chi connectivity index (χ0) is 21.5. The first-order chi connectivity index (χ1) is 14.5. The molecule has 8 heteroatoms. The van der Waals surface area contributed by atoms with Crippen molar-refractivity contribution in [3.05, 3.63) is 29.6 Å². The number of benzene rings is 1. The van der Waals surface area contributed by atoms with Crippen molar-refractivity contribution < 1.29 is 22.7 Å². The monoisotopic (exact) mass is 427 g/mol. The Bertz CT molecular complexity index is 680. The lowest BCUT2D eigenvalue weighted by Gasteiger charge is -2.37. The number of amides is 1. The lowest BCUT2D eigenvalue weighted by molar-refractivity contribution is -0.139. The molecule has 2 aliphatic rings. The number of unbranched alkanes of at least 4 members (excludes halogenated alkanes) is 2. The normalized spacial score (nSPS) is 19.3. The van der Waals surface area contributed by atoms with Crippen LogP contribution in [0.5, 0.6) is 5.75 Å². The minimum atomic E-state index is -1.04. The maximum Gasteiger partial charge on any atom is 0.225 e. The van der Waals surface area contributed by atoms with Crippen molar-refractivity contribution in [1.29, 1.82) is 0 Å². The fraction of sp³-hybridized carbons (Fsp3) is 0.682. The second kappa shape index (κ2) is 11.0. The number of nitrogens with two attached hydrogens (primary N) is 1. The van der Waals surface area contributed by atoms with Gasteiger partial charge in [0.05, 0.1) is 0 Å². The molecule has 0 unspecified atom stereocenters. The third kappa shape index (κ3) is 6.11. The molecule has 1 aromatic rings.